The van der Waals surface area contributed by atoms with Crippen molar-refractivity contribution >= 4 is 23.5 Å². The number of nitrogen functional groups attached to an aromatic ring is 1. The summed E-state index contributed by atoms with van der Waals surface area (Å²) >= 11 is 1.26. The molecule has 0 aromatic carbocycles. The van der Waals surface area contributed by atoms with Crippen LogP contribution in [0.3, 0.4) is 0 Å². The first-order valence-corrected chi connectivity index (χ1v) is 4.58. The number of primary amides is 1. The Morgan fingerprint density at radius 1 is 1.62 bits per heavy atom. The van der Waals surface area contributed by atoms with E-state index in [1.807, 2.05) is 0 Å². The van der Waals surface area contributed by atoms with Crippen molar-refractivity contribution in [3.8, 4) is 0 Å². The SMILES string of the molecule is Cc1c(N)ncnc1SCC(N)=O. The van der Waals surface area contributed by atoms with Crippen LogP contribution in [0.15, 0.2) is 11.4 Å². The van der Waals surface area contributed by atoms with E-state index in [-0.39, 0.29) is 11.7 Å². The summed E-state index contributed by atoms with van der Waals surface area (Å²) in [5, 5.41) is 0.700. The lowest BCUT2D eigenvalue weighted by atomic mass is 10.4. The molecule has 6 heteroatoms. The average molecular weight is 198 g/mol. The zero-order valence-corrected chi connectivity index (χ0v) is 7.97. The highest BCUT2D eigenvalue weighted by Gasteiger charge is 2.05. The van der Waals surface area contributed by atoms with Gasteiger partial charge >= 0.3 is 0 Å². The van der Waals surface area contributed by atoms with Gasteiger partial charge in [-0.2, -0.15) is 0 Å². The van der Waals surface area contributed by atoms with E-state index in [2.05, 4.69) is 9.97 Å². The summed E-state index contributed by atoms with van der Waals surface area (Å²) in [6, 6.07) is 0. The molecule has 0 bridgehead atoms. The van der Waals surface area contributed by atoms with Crippen LogP contribution in [0.5, 0.6) is 0 Å². The van der Waals surface area contributed by atoms with Gasteiger partial charge in [0.25, 0.3) is 0 Å². The molecule has 1 aromatic heterocycles. The second-order valence-electron chi connectivity index (χ2n) is 2.44. The number of nitrogens with zero attached hydrogens (tertiary/aromatic N) is 2. The van der Waals surface area contributed by atoms with E-state index < -0.39 is 0 Å². The third kappa shape index (κ3) is 2.59. The molecule has 5 nitrogen and oxygen atoms in total. The molecule has 13 heavy (non-hydrogen) atoms. The second-order valence-corrected chi connectivity index (χ2v) is 3.41. The fourth-order valence-electron chi connectivity index (χ4n) is 0.732. The molecule has 0 saturated carbocycles. The maximum Gasteiger partial charge on any atom is 0.227 e. The average Bonchev–Trinajstić information content (AvgIpc) is 2.07. The Bertz CT molecular complexity index is 328. The Morgan fingerprint density at radius 2 is 2.31 bits per heavy atom. The van der Waals surface area contributed by atoms with Crippen molar-refractivity contribution in [2.75, 3.05) is 11.5 Å². The summed E-state index contributed by atoms with van der Waals surface area (Å²) in [5.41, 5.74) is 11.3. The van der Waals surface area contributed by atoms with E-state index in [9.17, 15) is 4.79 Å². The summed E-state index contributed by atoms with van der Waals surface area (Å²) in [6.07, 6.45) is 1.37. The van der Waals surface area contributed by atoms with E-state index in [0.29, 0.717) is 10.8 Å². The van der Waals surface area contributed by atoms with Crippen molar-refractivity contribution in [1.29, 1.82) is 0 Å². The number of rotatable bonds is 3. The van der Waals surface area contributed by atoms with Gasteiger partial charge < -0.3 is 11.5 Å². The van der Waals surface area contributed by atoms with Gasteiger partial charge in [-0.25, -0.2) is 9.97 Å². The summed E-state index contributed by atoms with van der Waals surface area (Å²) in [7, 11) is 0. The number of aromatic nitrogens is 2. The van der Waals surface area contributed by atoms with Gasteiger partial charge in [0.15, 0.2) is 0 Å². The van der Waals surface area contributed by atoms with Crippen LogP contribution in [-0.2, 0) is 4.79 Å². The molecule has 0 aliphatic rings. The molecule has 0 atom stereocenters. The van der Waals surface area contributed by atoms with Crippen molar-refractivity contribution in [3.05, 3.63) is 11.9 Å². The Labute approximate surface area is 79.9 Å². The molecule has 0 saturated heterocycles. The number of nitrogens with two attached hydrogens (primary N) is 2. The predicted molar refractivity (Wildman–Crippen MR) is 51.1 cm³/mol. The lowest BCUT2D eigenvalue weighted by Crippen LogP contribution is -2.13. The molecule has 1 rings (SSSR count). The number of hydrogen-bond donors (Lipinski definition) is 2. The highest BCUT2D eigenvalue weighted by molar-refractivity contribution is 7.99. The van der Waals surface area contributed by atoms with Crippen LogP contribution >= 0.6 is 11.8 Å². The van der Waals surface area contributed by atoms with Gasteiger partial charge in [-0.1, -0.05) is 11.8 Å². The Morgan fingerprint density at radius 3 is 2.92 bits per heavy atom. The zero-order valence-electron chi connectivity index (χ0n) is 7.15. The van der Waals surface area contributed by atoms with E-state index in [4.69, 9.17) is 11.5 Å². The summed E-state index contributed by atoms with van der Waals surface area (Å²) in [5.74, 6) is 0.264. The lowest BCUT2D eigenvalue weighted by Gasteiger charge is -2.03. The fourth-order valence-corrected chi connectivity index (χ4v) is 1.45. The minimum absolute atomic E-state index is 0.206. The molecule has 1 aromatic rings. The normalized spacial score (nSPS) is 9.92. The topological polar surface area (TPSA) is 94.9 Å². The molecule has 1 heterocycles. The van der Waals surface area contributed by atoms with Gasteiger partial charge in [-0.3, -0.25) is 4.79 Å². The number of amides is 1. The van der Waals surface area contributed by atoms with Gasteiger partial charge in [0.2, 0.25) is 5.91 Å². The van der Waals surface area contributed by atoms with Gasteiger partial charge in [0.05, 0.1) is 5.75 Å². The van der Waals surface area contributed by atoms with Crippen molar-refractivity contribution in [2.24, 2.45) is 5.73 Å². The first kappa shape index (κ1) is 9.79. The smallest absolute Gasteiger partial charge is 0.227 e. The summed E-state index contributed by atoms with van der Waals surface area (Å²) in [6.45, 7) is 1.80. The largest absolute Gasteiger partial charge is 0.383 e. The molecule has 0 unspecified atom stereocenters. The van der Waals surface area contributed by atoms with Crippen LogP contribution < -0.4 is 11.5 Å². The summed E-state index contributed by atoms with van der Waals surface area (Å²) in [4.78, 5) is 18.3. The van der Waals surface area contributed by atoms with Crippen LogP contribution in [0.2, 0.25) is 0 Å². The van der Waals surface area contributed by atoms with Crippen LogP contribution in [-0.4, -0.2) is 21.6 Å². The Balaban J connectivity index is 2.77. The van der Waals surface area contributed by atoms with E-state index in [1.54, 1.807) is 6.92 Å². The maximum atomic E-state index is 10.5. The number of carbonyl (C=O) groups is 1. The standard InChI is InChI=1S/C7H10N4OS/c1-4-6(9)10-3-11-7(4)13-2-5(8)12/h3H,2H2,1H3,(H2,8,12)(H2,9,10,11). The highest BCUT2D eigenvalue weighted by Crippen LogP contribution is 2.21. The van der Waals surface area contributed by atoms with E-state index in [0.717, 1.165) is 5.56 Å². The van der Waals surface area contributed by atoms with Crippen LogP contribution in [0, 0.1) is 6.92 Å². The Kier molecular flexibility index (Phi) is 3.07. The third-order valence-corrected chi connectivity index (χ3v) is 2.54. The predicted octanol–water partition coefficient (Wildman–Crippen LogP) is -0.0554. The molecule has 0 aliphatic heterocycles. The van der Waals surface area contributed by atoms with Gasteiger partial charge in [-0.05, 0) is 6.92 Å². The fraction of sp³-hybridized carbons (Fsp3) is 0.286. The number of thioether (sulfide) groups is 1. The van der Waals surface area contributed by atoms with Crippen molar-refractivity contribution in [2.45, 2.75) is 11.9 Å². The lowest BCUT2D eigenvalue weighted by molar-refractivity contribution is -0.115. The van der Waals surface area contributed by atoms with Crippen molar-refractivity contribution in [3.63, 3.8) is 0 Å². The quantitative estimate of drug-likeness (QED) is 0.524. The first-order valence-electron chi connectivity index (χ1n) is 3.59. The highest BCUT2D eigenvalue weighted by atomic mass is 32.2. The van der Waals surface area contributed by atoms with Crippen LogP contribution in [0.1, 0.15) is 5.56 Å². The second kappa shape index (κ2) is 4.08. The molecule has 0 spiro atoms. The maximum absolute atomic E-state index is 10.5. The molecular weight excluding hydrogens is 188 g/mol. The number of anilines is 1. The Hall–Kier alpha value is -1.30. The summed E-state index contributed by atoms with van der Waals surface area (Å²) < 4.78 is 0. The first-order chi connectivity index (χ1) is 6.11. The molecule has 1 amide bonds. The molecule has 0 aliphatic carbocycles. The minimum Gasteiger partial charge on any atom is -0.383 e. The van der Waals surface area contributed by atoms with E-state index >= 15 is 0 Å². The van der Waals surface area contributed by atoms with E-state index in [1.165, 1.54) is 18.1 Å². The van der Waals surface area contributed by atoms with Gasteiger partial charge in [0.1, 0.15) is 17.2 Å². The number of hydrogen-bond acceptors (Lipinski definition) is 5. The third-order valence-electron chi connectivity index (χ3n) is 1.43. The van der Waals surface area contributed by atoms with Crippen molar-refractivity contribution in [1.82, 2.24) is 9.97 Å². The number of carbonyl (C=O) groups excluding carboxylic acids is 1. The monoisotopic (exact) mass is 198 g/mol. The molecule has 70 valence electrons. The zero-order chi connectivity index (χ0) is 9.84. The molecule has 4 N–H and O–H groups in total. The van der Waals surface area contributed by atoms with Gasteiger partial charge in [0, 0.05) is 5.56 Å². The molecule has 0 fully saturated rings. The van der Waals surface area contributed by atoms with Crippen LogP contribution in [0.4, 0.5) is 5.82 Å². The van der Waals surface area contributed by atoms with Gasteiger partial charge in [-0.15, -0.1) is 0 Å². The van der Waals surface area contributed by atoms with Crippen LogP contribution in [0.25, 0.3) is 0 Å². The minimum atomic E-state index is -0.374. The molecular formula is C7H10N4OS. The van der Waals surface area contributed by atoms with Crippen molar-refractivity contribution < 1.29 is 4.79 Å². The molecule has 0 radical (unpaired) electrons.